The van der Waals surface area contributed by atoms with Crippen LogP contribution in [0.5, 0.6) is 0 Å². The molecule has 0 aliphatic carbocycles. The molecule has 3 aliphatic rings. The molecule has 3 aliphatic heterocycles. The van der Waals surface area contributed by atoms with E-state index in [0.29, 0.717) is 5.41 Å². The van der Waals surface area contributed by atoms with Crippen LogP contribution in [0, 0.1) is 11.2 Å². The number of piperidine rings is 1. The van der Waals surface area contributed by atoms with Gasteiger partial charge in [-0.05, 0) is 68.3 Å². The molecule has 0 amide bonds. The van der Waals surface area contributed by atoms with E-state index in [1.165, 1.54) is 63.8 Å². The van der Waals surface area contributed by atoms with E-state index >= 15 is 0 Å². The molecule has 0 saturated carbocycles. The Kier molecular flexibility index (Phi) is 4.88. The van der Waals surface area contributed by atoms with Crippen molar-refractivity contribution in [2.24, 2.45) is 5.41 Å². The third-order valence-electron chi connectivity index (χ3n) is 6.23. The predicted octanol–water partition coefficient (Wildman–Crippen LogP) is 3.29. The molecule has 4 rings (SSSR count). The minimum atomic E-state index is -0.142. The third-order valence-corrected chi connectivity index (χ3v) is 6.23. The van der Waals surface area contributed by atoms with Crippen LogP contribution in [0.2, 0.25) is 0 Å². The molecule has 3 fully saturated rings. The van der Waals surface area contributed by atoms with E-state index in [0.717, 1.165) is 25.8 Å². The van der Waals surface area contributed by atoms with E-state index in [9.17, 15) is 4.39 Å². The first-order valence-corrected chi connectivity index (χ1v) is 9.51. The van der Waals surface area contributed by atoms with Crippen molar-refractivity contribution in [1.29, 1.82) is 0 Å². The fourth-order valence-corrected chi connectivity index (χ4v) is 4.96. The molecule has 0 unspecified atom stereocenters. The lowest BCUT2D eigenvalue weighted by Crippen LogP contribution is -2.46. The summed E-state index contributed by atoms with van der Waals surface area (Å²) in [5, 5.41) is 0. The monoisotopic (exact) mass is 332 g/mol. The molecule has 0 bridgehead atoms. The van der Waals surface area contributed by atoms with Gasteiger partial charge in [-0.1, -0.05) is 12.1 Å². The van der Waals surface area contributed by atoms with Gasteiger partial charge < -0.3 is 4.74 Å². The lowest BCUT2D eigenvalue weighted by Gasteiger charge is -2.41. The van der Waals surface area contributed by atoms with E-state index in [2.05, 4.69) is 9.80 Å². The highest BCUT2D eigenvalue weighted by Gasteiger charge is 2.43. The fraction of sp³-hybridized carbons (Fsp3) is 0.700. The van der Waals surface area contributed by atoms with Crippen LogP contribution >= 0.6 is 0 Å². The second kappa shape index (κ2) is 7.11. The molecule has 1 aromatic rings. The van der Waals surface area contributed by atoms with Gasteiger partial charge in [-0.25, -0.2) is 4.39 Å². The van der Waals surface area contributed by atoms with Crippen LogP contribution in [-0.4, -0.2) is 55.2 Å². The van der Waals surface area contributed by atoms with Crippen LogP contribution in [0.25, 0.3) is 0 Å². The maximum atomic E-state index is 13.1. The SMILES string of the molecule is Fc1ccc(CN2CCC[C@]3(CCN(C4CCOCC4)C3)C2)cc1. The number of rotatable bonds is 3. The number of nitrogens with zero attached hydrogens (tertiary/aromatic N) is 2. The topological polar surface area (TPSA) is 15.7 Å². The van der Waals surface area contributed by atoms with E-state index in [1.54, 1.807) is 12.1 Å². The summed E-state index contributed by atoms with van der Waals surface area (Å²) in [6.07, 6.45) is 6.41. The highest BCUT2D eigenvalue weighted by atomic mass is 19.1. The molecule has 0 radical (unpaired) electrons. The third kappa shape index (κ3) is 3.66. The van der Waals surface area contributed by atoms with Crippen molar-refractivity contribution in [2.45, 2.75) is 44.7 Å². The molecule has 3 saturated heterocycles. The first-order valence-electron chi connectivity index (χ1n) is 9.51. The summed E-state index contributed by atoms with van der Waals surface area (Å²) in [5.74, 6) is -0.142. The number of likely N-dealkylation sites (tertiary alicyclic amines) is 2. The van der Waals surface area contributed by atoms with Crippen LogP contribution in [0.3, 0.4) is 0 Å². The summed E-state index contributed by atoms with van der Waals surface area (Å²) in [4.78, 5) is 5.33. The summed E-state index contributed by atoms with van der Waals surface area (Å²) in [7, 11) is 0. The summed E-state index contributed by atoms with van der Waals surface area (Å²) in [5.41, 5.74) is 1.71. The molecule has 1 aromatic carbocycles. The molecule has 24 heavy (non-hydrogen) atoms. The Balaban J connectivity index is 1.36. The highest BCUT2D eigenvalue weighted by molar-refractivity contribution is 5.16. The minimum absolute atomic E-state index is 0.142. The molecule has 132 valence electrons. The Morgan fingerprint density at radius 1 is 1.04 bits per heavy atom. The second-order valence-corrected chi connectivity index (χ2v) is 8.00. The van der Waals surface area contributed by atoms with Crippen molar-refractivity contribution in [3.05, 3.63) is 35.6 Å². The van der Waals surface area contributed by atoms with Crippen molar-refractivity contribution in [3.63, 3.8) is 0 Å². The molecular weight excluding hydrogens is 303 g/mol. The van der Waals surface area contributed by atoms with Crippen LogP contribution in [-0.2, 0) is 11.3 Å². The molecule has 0 N–H and O–H groups in total. The van der Waals surface area contributed by atoms with Gasteiger partial charge >= 0.3 is 0 Å². The van der Waals surface area contributed by atoms with Gasteiger partial charge in [0.05, 0.1) is 0 Å². The first-order chi connectivity index (χ1) is 11.7. The Morgan fingerprint density at radius 3 is 2.62 bits per heavy atom. The molecule has 4 heteroatoms. The smallest absolute Gasteiger partial charge is 0.123 e. The lowest BCUT2D eigenvalue weighted by atomic mass is 9.79. The van der Waals surface area contributed by atoms with Gasteiger partial charge in [-0.15, -0.1) is 0 Å². The molecule has 3 nitrogen and oxygen atoms in total. The number of hydrogen-bond acceptors (Lipinski definition) is 3. The Labute approximate surface area is 144 Å². The fourth-order valence-electron chi connectivity index (χ4n) is 4.96. The molecule has 0 aromatic heterocycles. The number of hydrogen-bond donors (Lipinski definition) is 0. The average molecular weight is 332 g/mol. The summed E-state index contributed by atoms with van der Waals surface area (Å²) < 4.78 is 18.6. The highest BCUT2D eigenvalue weighted by Crippen LogP contribution is 2.40. The second-order valence-electron chi connectivity index (χ2n) is 8.00. The molecular formula is C20H29FN2O. The average Bonchev–Trinajstić information content (AvgIpc) is 3.01. The van der Waals surface area contributed by atoms with Gasteiger partial charge in [0.2, 0.25) is 0 Å². The zero-order valence-electron chi connectivity index (χ0n) is 14.6. The summed E-state index contributed by atoms with van der Waals surface area (Å²) in [6.45, 7) is 7.72. The van der Waals surface area contributed by atoms with Crippen molar-refractivity contribution in [3.8, 4) is 0 Å². The number of halogens is 1. The van der Waals surface area contributed by atoms with E-state index in [-0.39, 0.29) is 5.82 Å². The number of benzene rings is 1. The Hall–Kier alpha value is -0.970. The zero-order valence-corrected chi connectivity index (χ0v) is 14.6. The normalized spacial score (nSPS) is 30.2. The van der Waals surface area contributed by atoms with E-state index in [1.807, 2.05) is 12.1 Å². The van der Waals surface area contributed by atoms with E-state index < -0.39 is 0 Å². The van der Waals surface area contributed by atoms with Crippen LogP contribution in [0.4, 0.5) is 4.39 Å². The van der Waals surface area contributed by atoms with Gasteiger partial charge in [0.1, 0.15) is 5.82 Å². The van der Waals surface area contributed by atoms with Gasteiger partial charge in [0, 0.05) is 38.9 Å². The quantitative estimate of drug-likeness (QED) is 0.845. The largest absolute Gasteiger partial charge is 0.381 e. The zero-order chi connectivity index (χ0) is 16.4. The van der Waals surface area contributed by atoms with Gasteiger partial charge in [0.15, 0.2) is 0 Å². The number of ether oxygens (including phenoxy) is 1. The first kappa shape index (κ1) is 16.5. The maximum absolute atomic E-state index is 13.1. The van der Waals surface area contributed by atoms with Gasteiger partial charge in [0.25, 0.3) is 0 Å². The maximum Gasteiger partial charge on any atom is 0.123 e. The van der Waals surface area contributed by atoms with Crippen molar-refractivity contribution in [1.82, 2.24) is 9.80 Å². The minimum Gasteiger partial charge on any atom is -0.381 e. The van der Waals surface area contributed by atoms with Crippen LogP contribution in [0.1, 0.15) is 37.7 Å². The van der Waals surface area contributed by atoms with Gasteiger partial charge in [-0.2, -0.15) is 0 Å². The van der Waals surface area contributed by atoms with Crippen molar-refractivity contribution in [2.75, 3.05) is 39.4 Å². The van der Waals surface area contributed by atoms with Crippen molar-refractivity contribution < 1.29 is 9.13 Å². The standard InChI is InChI=1S/C20H29FN2O/c21-18-4-2-17(3-5-18)14-22-10-1-8-20(15-22)9-11-23(16-20)19-6-12-24-13-7-19/h2-5,19H,1,6-16H2/t20-/m0/s1. The summed E-state index contributed by atoms with van der Waals surface area (Å²) >= 11 is 0. The Morgan fingerprint density at radius 2 is 1.83 bits per heavy atom. The molecule has 1 spiro atoms. The predicted molar refractivity (Wildman–Crippen MR) is 93.4 cm³/mol. The molecule has 1 atom stereocenters. The Bertz CT molecular complexity index is 543. The van der Waals surface area contributed by atoms with E-state index in [4.69, 9.17) is 4.74 Å². The lowest BCUT2D eigenvalue weighted by molar-refractivity contribution is 0.0302. The molecule has 3 heterocycles. The van der Waals surface area contributed by atoms with Crippen LogP contribution in [0.15, 0.2) is 24.3 Å². The summed E-state index contributed by atoms with van der Waals surface area (Å²) in [6, 6.07) is 7.76. The van der Waals surface area contributed by atoms with Crippen molar-refractivity contribution >= 4 is 0 Å². The van der Waals surface area contributed by atoms with Gasteiger partial charge in [-0.3, -0.25) is 9.80 Å². The van der Waals surface area contributed by atoms with Crippen LogP contribution < -0.4 is 0 Å².